The molecule has 0 aromatic heterocycles. The molecular formula is C20H25N3O5. The molecule has 0 saturated carbocycles. The summed E-state index contributed by atoms with van der Waals surface area (Å²) in [6.07, 6.45) is 1.09. The Hall–Kier alpha value is -1.58. The molecule has 2 bridgehead atoms. The number of nitrogens with zero attached hydrogens (tertiary/aromatic N) is 2. The Morgan fingerprint density at radius 3 is 2.82 bits per heavy atom. The van der Waals surface area contributed by atoms with Crippen LogP contribution >= 0.6 is 0 Å². The molecule has 28 heavy (non-hydrogen) atoms. The predicted molar refractivity (Wildman–Crippen MR) is 97.2 cm³/mol. The van der Waals surface area contributed by atoms with Crippen molar-refractivity contribution in [2.24, 2.45) is 5.92 Å². The Morgan fingerprint density at radius 1 is 1.14 bits per heavy atom. The number of hydrogen-bond acceptors (Lipinski definition) is 8. The van der Waals surface area contributed by atoms with E-state index in [1.165, 1.54) is 7.11 Å². The number of nitrogens with one attached hydrogen (secondary N) is 1. The maximum Gasteiger partial charge on any atom is 0.167 e. The number of phenolic OH excluding ortho intramolecular Hbond substituents is 2. The number of phenols is 2. The summed E-state index contributed by atoms with van der Waals surface area (Å²) in [5.41, 5.74) is 2.20. The Morgan fingerprint density at radius 2 is 2.00 bits per heavy atom. The predicted octanol–water partition coefficient (Wildman–Crippen LogP) is 0.570. The zero-order valence-corrected chi connectivity index (χ0v) is 16.0. The summed E-state index contributed by atoms with van der Waals surface area (Å²) in [7, 11) is 1.54. The van der Waals surface area contributed by atoms with Crippen molar-refractivity contribution in [2.75, 3.05) is 26.9 Å². The third-order valence-corrected chi connectivity index (χ3v) is 8.09. The Bertz CT molecular complexity index is 893. The minimum Gasteiger partial charge on any atom is -0.507 e. The van der Waals surface area contributed by atoms with E-state index in [1.807, 2.05) is 6.92 Å². The van der Waals surface area contributed by atoms with E-state index in [0.29, 0.717) is 36.5 Å². The van der Waals surface area contributed by atoms with Crippen LogP contribution in [0, 0.1) is 12.8 Å². The van der Waals surface area contributed by atoms with Gasteiger partial charge in [-0.3, -0.25) is 9.80 Å². The summed E-state index contributed by atoms with van der Waals surface area (Å²) in [6.45, 7) is 3.88. The first kappa shape index (κ1) is 16.2. The van der Waals surface area contributed by atoms with Gasteiger partial charge in [0, 0.05) is 47.3 Å². The minimum absolute atomic E-state index is 0.000711. The molecule has 6 heterocycles. The van der Waals surface area contributed by atoms with Gasteiger partial charge in [0.05, 0.1) is 32.4 Å². The van der Waals surface area contributed by atoms with Crippen LogP contribution in [-0.4, -0.2) is 77.5 Å². The number of benzene rings is 1. The van der Waals surface area contributed by atoms with Crippen molar-refractivity contribution in [1.29, 1.82) is 0 Å². The van der Waals surface area contributed by atoms with E-state index >= 15 is 0 Å². The second-order valence-corrected chi connectivity index (χ2v) is 9.00. The molecule has 0 radical (unpaired) electrons. The van der Waals surface area contributed by atoms with Crippen molar-refractivity contribution >= 4 is 0 Å². The van der Waals surface area contributed by atoms with E-state index < -0.39 is 0 Å². The van der Waals surface area contributed by atoms with Crippen LogP contribution in [-0.2, 0) is 9.47 Å². The van der Waals surface area contributed by atoms with Gasteiger partial charge in [-0.05, 0) is 13.3 Å². The second-order valence-electron chi connectivity index (χ2n) is 9.00. The van der Waals surface area contributed by atoms with Gasteiger partial charge in [-0.2, -0.15) is 0 Å². The van der Waals surface area contributed by atoms with E-state index in [2.05, 4.69) is 15.1 Å². The summed E-state index contributed by atoms with van der Waals surface area (Å²) in [4.78, 5) is 4.89. The SMILES string of the molecule is COc1c(C)c(O)c2c(c1O)C1CO[C@@H]3C4CC5[C@@H](N4)[C@H]([C@@H]2N2CCO[C@H]52)N13. The van der Waals surface area contributed by atoms with E-state index in [-0.39, 0.29) is 48.1 Å². The monoisotopic (exact) mass is 387 g/mol. The van der Waals surface area contributed by atoms with Crippen molar-refractivity contribution in [3.63, 3.8) is 0 Å². The Kier molecular flexibility index (Phi) is 2.97. The first-order valence-corrected chi connectivity index (χ1v) is 10.3. The van der Waals surface area contributed by atoms with Crippen molar-refractivity contribution in [1.82, 2.24) is 15.1 Å². The molecule has 0 aliphatic carbocycles. The highest BCUT2D eigenvalue weighted by atomic mass is 16.5. The van der Waals surface area contributed by atoms with E-state index in [9.17, 15) is 10.2 Å². The molecule has 1 aromatic carbocycles. The average molecular weight is 387 g/mol. The van der Waals surface area contributed by atoms with Gasteiger partial charge in [0.2, 0.25) is 0 Å². The molecular weight excluding hydrogens is 362 g/mol. The lowest BCUT2D eigenvalue weighted by Gasteiger charge is -2.57. The van der Waals surface area contributed by atoms with Gasteiger partial charge in [0.1, 0.15) is 18.2 Å². The molecule has 8 atom stereocenters. The highest BCUT2D eigenvalue weighted by Gasteiger charge is 2.67. The van der Waals surface area contributed by atoms with E-state index in [0.717, 1.165) is 24.1 Å². The van der Waals surface area contributed by atoms with Crippen molar-refractivity contribution in [3.8, 4) is 17.2 Å². The number of ether oxygens (including phenoxy) is 3. The first-order valence-electron chi connectivity index (χ1n) is 10.3. The fourth-order valence-corrected chi connectivity index (χ4v) is 7.19. The van der Waals surface area contributed by atoms with Gasteiger partial charge in [-0.25, -0.2) is 0 Å². The van der Waals surface area contributed by atoms with Crippen molar-refractivity contribution in [3.05, 3.63) is 16.7 Å². The zero-order valence-electron chi connectivity index (χ0n) is 16.0. The van der Waals surface area contributed by atoms with E-state index in [1.54, 1.807) is 0 Å². The number of fused-ring (bicyclic) bond motifs is 8. The van der Waals surface area contributed by atoms with Gasteiger partial charge in [0.25, 0.3) is 0 Å². The topological polar surface area (TPSA) is 86.7 Å². The smallest absolute Gasteiger partial charge is 0.167 e. The summed E-state index contributed by atoms with van der Waals surface area (Å²) >= 11 is 0. The summed E-state index contributed by atoms with van der Waals surface area (Å²) in [5.74, 6) is 1.17. The molecule has 3 unspecified atom stereocenters. The molecule has 0 spiro atoms. The molecule has 5 saturated heterocycles. The second kappa shape index (κ2) is 5.12. The van der Waals surface area contributed by atoms with Crippen LogP contribution in [0.2, 0.25) is 0 Å². The van der Waals surface area contributed by atoms with Crippen LogP contribution < -0.4 is 10.1 Å². The van der Waals surface area contributed by atoms with Crippen LogP contribution in [0.5, 0.6) is 17.2 Å². The highest BCUT2D eigenvalue weighted by molar-refractivity contribution is 5.65. The van der Waals surface area contributed by atoms with Crippen LogP contribution in [0.25, 0.3) is 0 Å². The number of aromatic hydroxyl groups is 2. The Labute approximate surface area is 163 Å². The van der Waals surface area contributed by atoms with Crippen molar-refractivity contribution < 1.29 is 24.4 Å². The normalized spacial score (nSPS) is 45.2. The minimum atomic E-state index is -0.0624. The molecule has 3 N–H and O–H groups in total. The third-order valence-electron chi connectivity index (χ3n) is 8.09. The highest BCUT2D eigenvalue weighted by Crippen LogP contribution is 2.62. The van der Waals surface area contributed by atoms with Gasteiger partial charge in [0.15, 0.2) is 11.5 Å². The van der Waals surface area contributed by atoms with Gasteiger partial charge in [-0.1, -0.05) is 0 Å². The molecule has 8 nitrogen and oxygen atoms in total. The average Bonchev–Trinajstić information content (AvgIpc) is 3.40. The number of rotatable bonds is 1. The van der Waals surface area contributed by atoms with Crippen molar-refractivity contribution in [2.45, 2.75) is 56.0 Å². The lowest BCUT2D eigenvalue weighted by atomic mass is 9.73. The fourth-order valence-electron chi connectivity index (χ4n) is 7.19. The van der Waals surface area contributed by atoms with E-state index in [4.69, 9.17) is 14.2 Å². The Balaban J connectivity index is 1.54. The van der Waals surface area contributed by atoms with Crippen LogP contribution in [0.1, 0.15) is 35.2 Å². The maximum atomic E-state index is 11.3. The lowest BCUT2D eigenvalue weighted by Crippen LogP contribution is -2.71. The third kappa shape index (κ3) is 1.60. The lowest BCUT2D eigenvalue weighted by molar-refractivity contribution is -0.132. The summed E-state index contributed by atoms with van der Waals surface area (Å²) in [6, 6.07) is 0.696. The van der Waals surface area contributed by atoms with Gasteiger partial charge >= 0.3 is 0 Å². The maximum absolute atomic E-state index is 11.3. The molecule has 7 rings (SSSR count). The molecule has 0 amide bonds. The zero-order chi connectivity index (χ0) is 18.9. The molecule has 1 aromatic rings. The van der Waals surface area contributed by atoms with Gasteiger partial charge in [-0.15, -0.1) is 0 Å². The quantitative estimate of drug-likeness (QED) is 0.603. The summed E-state index contributed by atoms with van der Waals surface area (Å²) in [5, 5.41) is 26.3. The molecule has 6 aliphatic heterocycles. The fraction of sp³-hybridized carbons (Fsp3) is 0.700. The largest absolute Gasteiger partial charge is 0.507 e. The first-order chi connectivity index (χ1) is 13.6. The van der Waals surface area contributed by atoms with Gasteiger partial charge < -0.3 is 29.7 Å². The van der Waals surface area contributed by atoms with Crippen LogP contribution in [0.3, 0.4) is 0 Å². The summed E-state index contributed by atoms with van der Waals surface area (Å²) < 4.78 is 17.9. The molecule has 150 valence electrons. The molecule has 5 fully saturated rings. The number of hydrogen-bond donors (Lipinski definition) is 3. The van der Waals surface area contributed by atoms with Crippen LogP contribution in [0.15, 0.2) is 0 Å². The standard InChI is InChI=1S/C20H25N3O5/c1-7-16(24)12-11(17(25)18(7)26-2)10-6-28-20-9-5-8-13(21-9)15(23(10)20)14(12)22-3-4-27-19(8)22/h8-10,13-15,19-21,24-25H,3-6H2,1-2H3/t8?,9?,10?,13-,14-,15-,19-,20-/m1/s1. The number of piperidine rings is 1. The van der Waals surface area contributed by atoms with Crippen LogP contribution in [0.4, 0.5) is 0 Å². The number of methoxy groups -OCH3 is 1. The molecule has 6 aliphatic rings. The molecule has 8 heteroatoms. The number of piperazine rings is 1.